The summed E-state index contributed by atoms with van der Waals surface area (Å²) in [6, 6.07) is 12.5. The lowest BCUT2D eigenvalue weighted by atomic mass is 10.2. The molecule has 0 saturated carbocycles. The van der Waals surface area contributed by atoms with Crippen LogP contribution >= 0.6 is 11.3 Å². The average Bonchev–Trinajstić information content (AvgIpc) is 3.21. The number of methoxy groups -OCH3 is 2. The number of esters is 1. The predicted octanol–water partition coefficient (Wildman–Crippen LogP) is 4.58. The van der Waals surface area contributed by atoms with E-state index in [1.54, 1.807) is 38.5 Å². The zero-order valence-electron chi connectivity index (χ0n) is 15.9. The van der Waals surface area contributed by atoms with E-state index in [-0.39, 0.29) is 6.61 Å². The molecule has 1 heterocycles. The molecular formula is C21H21NO5S. The summed E-state index contributed by atoms with van der Waals surface area (Å²) < 4.78 is 21.4. The van der Waals surface area contributed by atoms with Gasteiger partial charge in [0.25, 0.3) is 0 Å². The van der Waals surface area contributed by atoms with E-state index < -0.39 is 5.97 Å². The summed E-state index contributed by atoms with van der Waals surface area (Å²) in [5, 5.41) is 2.69. The topological polar surface area (TPSA) is 66.9 Å². The van der Waals surface area contributed by atoms with Crippen LogP contribution in [0.15, 0.2) is 47.8 Å². The minimum absolute atomic E-state index is 0.0979. The first-order valence-electron chi connectivity index (χ1n) is 8.71. The van der Waals surface area contributed by atoms with Crippen LogP contribution in [0.4, 0.5) is 0 Å². The van der Waals surface area contributed by atoms with Crippen molar-refractivity contribution in [3.8, 4) is 27.8 Å². The molecule has 3 rings (SSSR count). The Labute approximate surface area is 167 Å². The molecule has 7 heteroatoms. The van der Waals surface area contributed by atoms with E-state index in [4.69, 9.17) is 18.9 Å². The normalized spacial score (nSPS) is 10.4. The molecule has 3 aromatic rings. The summed E-state index contributed by atoms with van der Waals surface area (Å²) >= 11 is 1.48. The summed E-state index contributed by atoms with van der Waals surface area (Å²) in [5.41, 5.74) is 2.03. The summed E-state index contributed by atoms with van der Waals surface area (Å²) in [4.78, 5) is 16.8. The number of nitrogens with zero attached hydrogens (tertiary/aromatic N) is 1. The third kappa shape index (κ3) is 4.61. The van der Waals surface area contributed by atoms with Gasteiger partial charge in [0.15, 0.2) is 11.5 Å². The molecule has 0 N–H and O–H groups in total. The van der Waals surface area contributed by atoms with Gasteiger partial charge >= 0.3 is 5.97 Å². The second-order valence-corrected chi connectivity index (χ2v) is 6.61. The lowest BCUT2D eigenvalue weighted by Crippen LogP contribution is -2.05. The average molecular weight is 399 g/mol. The van der Waals surface area contributed by atoms with Crippen LogP contribution in [0, 0.1) is 0 Å². The molecule has 0 fully saturated rings. The fraction of sp³-hybridized carbons (Fsp3) is 0.238. The molecule has 2 aromatic carbocycles. The Kier molecular flexibility index (Phi) is 6.49. The van der Waals surface area contributed by atoms with Gasteiger partial charge in [0.1, 0.15) is 17.4 Å². The largest absolute Gasteiger partial charge is 0.497 e. The Morgan fingerprint density at radius 3 is 2.68 bits per heavy atom. The molecule has 0 radical (unpaired) electrons. The van der Waals surface area contributed by atoms with Crippen LogP contribution in [0.2, 0.25) is 0 Å². The molecule has 6 nitrogen and oxygen atoms in total. The monoisotopic (exact) mass is 399 g/mol. The van der Waals surface area contributed by atoms with Crippen molar-refractivity contribution < 1.29 is 23.7 Å². The zero-order chi connectivity index (χ0) is 19.9. The van der Waals surface area contributed by atoms with E-state index in [2.05, 4.69) is 4.98 Å². The summed E-state index contributed by atoms with van der Waals surface area (Å²) in [7, 11) is 3.16. The van der Waals surface area contributed by atoms with Gasteiger partial charge < -0.3 is 18.9 Å². The van der Waals surface area contributed by atoms with E-state index in [1.165, 1.54) is 11.3 Å². The maximum Gasteiger partial charge on any atom is 0.338 e. The van der Waals surface area contributed by atoms with Gasteiger partial charge in [0.05, 0.1) is 32.1 Å². The number of carbonyl (C=O) groups is 1. The van der Waals surface area contributed by atoms with Crippen molar-refractivity contribution >= 4 is 17.3 Å². The van der Waals surface area contributed by atoms with Crippen LogP contribution in [0.5, 0.6) is 17.2 Å². The second-order valence-electron chi connectivity index (χ2n) is 5.75. The number of rotatable bonds is 8. The first-order valence-corrected chi connectivity index (χ1v) is 9.59. The van der Waals surface area contributed by atoms with Crippen molar-refractivity contribution in [2.75, 3.05) is 20.8 Å². The fourth-order valence-corrected chi connectivity index (χ4v) is 3.36. The molecule has 0 amide bonds. The number of hydrogen-bond donors (Lipinski definition) is 0. The van der Waals surface area contributed by atoms with Crippen LogP contribution in [0.3, 0.4) is 0 Å². The lowest BCUT2D eigenvalue weighted by molar-refractivity contribution is 0.0468. The number of carbonyl (C=O) groups excluding carboxylic acids is 1. The van der Waals surface area contributed by atoms with Crippen LogP contribution in [-0.2, 0) is 11.3 Å². The number of hydrogen-bond acceptors (Lipinski definition) is 7. The molecule has 28 heavy (non-hydrogen) atoms. The van der Waals surface area contributed by atoms with E-state index in [0.29, 0.717) is 35.1 Å². The first kappa shape index (κ1) is 19.7. The van der Waals surface area contributed by atoms with Crippen molar-refractivity contribution in [1.82, 2.24) is 4.98 Å². The fourth-order valence-electron chi connectivity index (χ4n) is 2.55. The minimum atomic E-state index is -0.420. The molecule has 0 aliphatic heterocycles. The van der Waals surface area contributed by atoms with Crippen LogP contribution < -0.4 is 14.2 Å². The highest BCUT2D eigenvalue weighted by Crippen LogP contribution is 2.33. The smallest absolute Gasteiger partial charge is 0.338 e. The van der Waals surface area contributed by atoms with Gasteiger partial charge in [-0.1, -0.05) is 6.07 Å². The van der Waals surface area contributed by atoms with Crippen molar-refractivity contribution in [1.29, 1.82) is 0 Å². The Balaban J connectivity index is 1.68. The third-order valence-corrected chi connectivity index (χ3v) is 4.86. The zero-order valence-corrected chi connectivity index (χ0v) is 16.7. The number of benzene rings is 2. The van der Waals surface area contributed by atoms with Crippen LogP contribution in [0.1, 0.15) is 23.0 Å². The summed E-state index contributed by atoms with van der Waals surface area (Å²) in [6.07, 6.45) is 0. The minimum Gasteiger partial charge on any atom is -0.497 e. The van der Waals surface area contributed by atoms with Crippen molar-refractivity contribution in [3.63, 3.8) is 0 Å². The van der Waals surface area contributed by atoms with Crippen LogP contribution in [0.25, 0.3) is 10.6 Å². The number of aromatic nitrogens is 1. The highest BCUT2D eigenvalue weighted by Gasteiger charge is 2.12. The molecule has 0 saturated heterocycles. The predicted molar refractivity (Wildman–Crippen MR) is 107 cm³/mol. The Bertz CT molecular complexity index is 953. The van der Waals surface area contributed by atoms with Gasteiger partial charge in [0.2, 0.25) is 0 Å². The number of ether oxygens (including phenoxy) is 4. The Hall–Kier alpha value is -3.06. The van der Waals surface area contributed by atoms with Gasteiger partial charge in [-0.2, -0.15) is 0 Å². The molecule has 0 aliphatic carbocycles. The molecule has 146 valence electrons. The molecule has 1 aromatic heterocycles. The summed E-state index contributed by atoms with van der Waals surface area (Å²) in [5.74, 6) is 1.53. The molecule has 0 bridgehead atoms. The molecule has 0 atom stereocenters. The Morgan fingerprint density at radius 1 is 1.07 bits per heavy atom. The SMILES string of the molecule is CCOc1ccc(-c2nc(COC(=O)c3cccc(OC)c3)cs2)cc1OC. The maximum absolute atomic E-state index is 12.2. The van der Waals surface area contributed by atoms with Gasteiger partial charge in [-0.05, 0) is 43.3 Å². The maximum atomic E-state index is 12.2. The quantitative estimate of drug-likeness (QED) is 0.517. The van der Waals surface area contributed by atoms with Crippen LogP contribution in [-0.4, -0.2) is 31.8 Å². The van der Waals surface area contributed by atoms with E-state index in [0.717, 1.165) is 10.6 Å². The van der Waals surface area contributed by atoms with E-state index >= 15 is 0 Å². The van der Waals surface area contributed by atoms with Crippen molar-refractivity contribution in [3.05, 3.63) is 59.1 Å². The van der Waals surface area contributed by atoms with Gasteiger partial charge in [-0.25, -0.2) is 9.78 Å². The molecular weight excluding hydrogens is 378 g/mol. The molecule has 0 aliphatic rings. The van der Waals surface area contributed by atoms with Gasteiger partial charge in [-0.3, -0.25) is 0 Å². The highest BCUT2D eigenvalue weighted by molar-refractivity contribution is 7.13. The lowest BCUT2D eigenvalue weighted by Gasteiger charge is -2.10. The Morgan fingerprint density at radius 2 is 1.93 bits per heavy atom. The molecule has 0 spiro atoms. The van der Waals surface area contributed by atoms with Gasteiger partial charge in [0, 0.05) is 10.9 Å². The first-order chi connectivity index (χ1) is 13.6. The van der Waals surface area contributed by atoms with E-state index in [1.807, 2.05) is 30.5 Å². The number of thiazole rings is 1. The van der Waals surface area contributed by atoms with Crippen molar-refractivity contribution in [2.45, 2.75) is 13.5 Å². The highest BCUT2D eigenvalue weighted by atomic mass is 32.1. The molecule has 0 unspecified atom stereocenters. The standard InChI is InChI=1S/C21H21NO5S/c1-4-26-18-9-8-14(11-19(18)25-3)20-22-16(13-28-20)12-27-21(23)15-6-5-7-17(10-15)24-2/h5-11,13H,4,12H2,1-3H3. The van der Waals surface area contributed by atoms with E-state index in [9.17, 15) is 4.79 Å². The van der Waals surface area contributed by atoms with Gasteiger partial charge in [-0.15, -0.1) is 11.3 Å². The van der Waals surface area contributed by atoms with Crippen molar-refractivity contribution in [2.24, 2.45) is 0 Å². The second kappa shape index (κ2) is 9.23. The third-order valence-electron chi connectivity index (χ3n) is 3.92. The summed E-state index contributed by atoms with van der Waals surface area (Å²) in [6.45, 7) is 2.59.